The number of aliphatic hydroxyl groups is 1. The number of carbonyl (C=O) groups excluding carboxylic acids is 1. The first-order valence-corrected chi connectivity index (χ1v) is 7.94. The fraction of sp³-hybridized carbons (Fsp3) is 0.588. The molecule has 1 amide bonds. The van der Waals surface area contributed by atoms with Crippen molar-refractivity contribution in [2.24, 2.45) is 11.7 Å². The third kappa shape index (κ3) is 4.14. The Morgan fingerprint density at radius 1 is 1.43 bits per heavy atom. The lowest BCUT2D eigenvalue weighted by molar-refractivity contribution is -0.118. The lowest BCUT2D eigenvalue weighted by atomic mass is 9.98. The van der Waals surface area contributed by atoms with E-state index >= 15 is 0 Å². The van der Waals surface area contributed by atoms with Gasteiger partial charge in [0.05, 0.1) is 7.11 Å². The zero-order valence-corrected chi connectivity index (χ0v) is 14.0. The maximum atomic E-state index is 11.0. The molecule has 0 radical (unpaired) electrons. The molecule has 6 nitrogen and oxygen atoms in total. The topological polar surface area (TPSA) is 85.0 Å². The summed E-state index contributed by atoms with van der Waals surface area (Å²) in [6.45, 7) is 5.22. The number of hydrogen-bond donors (Lipinski definition) is 2. The normalized spacial score (nSPS) is 16.7. The van der Waals surface area contributed by atoms with E-state index in [0.717, 1.165) is 17.5 Å². The highest BCUT2D eigenvalue weighted by Gasteiger charge is 2.25. The van der Waals surface area contributed by atoms with Gasteiger partial charge in [0.2, 0.25) is 6.41 Å². The minimum absolute atomic E-state index is 0.326. The molecule has 0 bridgehead atoms. The van der Waals surface area contributed by atoms with E-state index in [4.69, 9.17) is 15.2 Å². The Kier molecular flexibility index (Phi) is 5.85. The minimum atomic E-state index is -0.818. The van der Waals surface area contributed by atoms with Gasteiger partial charge in [-0.25, -0.2) is 0 Å². The number of nitrogens with two attached hydrogens (primary N) is 1. The standard InChI is InChI=1S/C17H26N2O4/c1-11(2)8-14(21)17(18)23-16-13-6-7-19(10-20)9-12(13)4-5-15(16)22-3/h4-5,10-11,14,17,21H,6-9,18H2,1-3H3. The van der Waals surface area contributed by atoms with Crippen LogP contribution in [-0.2, 0) is 17.8 Å². The van der Waals surface area contributed by atoms with Gasteiger partial charge in [0.25, 0.3) is 0 Å². The molecular formula is C17H26N2O4. The predicted octanol–water partition coefficient (Wildman–Crippen LogP) is 1.28. The van der Waals surface area contributed by atoms with Crippen molar-refractivity contribution in [1.29, 1.82) is 0 Å². The molecule has 0 aromatic heterocycles. The summed E-state index contributed by atoms with van der Waals surface area (Å²) in [5.41, 5.74) is 8.03. The van der Waals surface area contributed by atoms with Gasteiger partial charge in [-0.15, -0.1) is 0 Å². The van der Waals surface area contributed by atoms with Crippen LogP contribution in [0.1, 0.15) is 31.4 Å². The highest BCUT2D eigenvalue weighted by Crippen LogP contribution is 2.37. The maximum absolute atomic E-state index is 11.0. The number of fused-ring (bicyclic) bond motifs is 1. The van der Waals surface area contributed by atoms with Crippen LogP contribution in [0, 0.1) is 5.92 Å². The van der Waals surface area contributed by atoms with E-state index in [9.17, 15) is 9.90 Å². The summed E-state index contributed by atoms with van der Waals surface area (Å²) in [5, 5.41) is 10.2. The second-order valence-corrected chi connectivity index (χ2v) is 6.34. The average molecular weight is 322 g/mol. The van der Waals surface area contributed by atoms with Gasteiger partial charge in [-0.2, -0.15) is 0 Å². The predicted molar refractivity (Wildman–Crippen MR) is 87.2 cm³/mol. The summed E-state index contributed by atoms with van der Waals surface area (Å²) in [5.74, 6) is 1.49. The van der Waals surface area contributed by atoms with Gasteiger partial charge >= 0.3 is 0 Å². The molecule has 1 heterocycles. The van der Waals surface area contributed by atoms with Crippen LogP contribution in [0.25, 0.3) is 0 Å². The summed E-state index contributed by atoms with van der Waals surface area (Å²) in [4.78, 5) is 12.7. The van der Waals surface area contributed by atoms with Crippen LogP contribution in [0.3, 0.4) is 0 Å². The minimum Gasteiger partial charge on any atom is -0.493 e. The summed E-state index contributed by atoms with van der Waals surface area (Å²) in [6.07, 6.45) is 0.532. The van der Waals surface area contributed by atoms with Gasteiger partial charge in [0, 0.05) is 18.7 Å². The number of rotatable bonds is 7. The molecule has 6 heteroatoms. The van der Waals surface area contributed by atoms with Crippen LogP contribution in [0.2, 0.25) is 0 Å². The second-order valence-electron chi connectivity index (χ2n) is 6.34. The quantitative estimate of drug-likeness (QED) is 0.583. The van der Waals surface area contributed by atoms with Crippen molar-refractivity contribution < 1.29 is 19.4 Å². The highest BCUT2D eigenvalue weighted by atomic mass is 16.5. The van der Waals surface area contributed by atoms with Crippen molar-refractivity contribution in [3.63, 3.8) is 0 Å². The molecule has 1 aromatic rings. The van der Waals surface area contributed by atoms with Crippen LogP contribution >= 0.6 is 0 Å². The third-order valence-electron chi connectivity index (χ3n) is 4.06. The van der Waals surface area contributed by atoms with E-state index in [1.165, 1.54) is 0 Å². The third-order valence-corrected chi connectivity index (χ3v) is 4.06. The molecule has 23 heavy (non-hydrogen) atoms. The van der Waals surface area contributed by atoms with Crippen molar-refractivity contribution in [2.45, 2.75) is 45.6 Å². The van der Waals surface area contributed by atoms with Crippen molar-refractivity contribution >= 4 is 6.41 Å². The average Bonchev–Trinajstić information content (AvgIpc) is 2.53. The molecule has 0 fully saturated rings. The summed E-state index contributed by atoms with van der Waals surface area (Å²) < 4.78 is 11.2. The smallest absolute Gasteiger partial charge is 0.210 e. The largest absolute Gasteiger partial charge is 0.493 e. The lowest BCUT2D eigenvalue weighted by Crippen LogP contribution is -2.41. The molecule has 0 saturated carbocycles. The van der Waals surface area contributed by atoms with E-state index in [-0.39, 0.29) is 0 Å². The molecule has 0 aliphatic carbocycles. The first-order valence-electron chi connectivity index (χ1n) is 7.94. The van der Waals surface area contributed by atoms with Crippen molar-refractivity contribution in [3.05, 3.63) is 23.3 Å². The molecular weight excluding hydrogens is 296 g/mol. The second kappa shape index (κ2) is 7.66. The lowest BCUT2D eigenvalue weighted by Gasteiger charge is -2.29. The number of aliphatic hydroxyl groups excluding tert-OH is 1. The van der Waals surface area contributed by atoms with E-state index in [1.807, 2.05) is 26.0 Å². The molecule has 2 rings (SSSR count). The summed E-state index contributed by atoms with van der Waals surface area (Å²) >= 11 is 0. The Morgan fingerprint density at radius 3 is 2.78 bits per heavy atom. The van der Waals surface area contributed by atoms with E-state index < -0.39 is 12.3 Å². The number of benzene rings is 1. The van der Waals surface area contributed by atoms with E-state index in [0.29, 0.717) is 43.3 Å². The fourth-order valence-corrected chi connectivity index (χ4v) is 2.83. The molecule has 2 atom stereocenters. The van der Waals surface area contributed by atoms with E-state index in [1.54, 1.807) is 12.0 Å². The van der Waals surface area contributed by atoms with Gasteiger partial charge < -0.3 is 19.5 Å². The molecule has 1 aromatic carbocycles. The van der Waals surface area contributed by atoms with Gasteiger partial charge in [-0.3, -0.25) is 10.5 Å². The zero-order chi connectivity index (χ0) is 17.0. The number of carbonyl (C=O) groups is 1. The van der Waals surface area contributed by atoms with Crippen LogP contribution in [0.5, 0.6) is 11.5 Å². The number of methoxy groups -OCH3 is 1. The Balaban J connectivity index is 2.24. The first kappa shape index (κ1) is 17.6. The van der Waals surface area contributed by atoms with Crippen molar-refractivity contribution in [2.75, 3.05) is 13.7 Å². The van der Waals surface area contributed by atoms with Crippen LogP contribution in [-0.4, -0.2) is 42.4 Å². The molecule has 1 aliphatic heterocycles. The first-order chi connectivity index (χ1) is 11.0. The summed E-state index contributed by atoms with van der Waals surface area (Å²) in [6, 6.07) is 3.75. The van der Waals surface area contributed by atoms with Crippen LogP contribution < -0.4 is 15.2 Å². The van der Waals surface area contributed by atoms with Gasteiger partial charge in [-0.1, -0.05) is 19.9 Å². The Bertz CT molecular complexity index is 548. The van der Waals surface area contributed by atoms with Crippen LogP contribution in [0.4, 0.5) is 0 Å². The zero-order valence-electron chi connectivity index (χ0n) is 14.0. The van der Waals surface area contributed by atoms with Crippen LogP contribution in [0.15, 0.2) is 12.1 Å². The molecule has 128 valence electrons. The Morgan fingerprint density at radius 2 is 2.17 bits per heavy atom. The van der Waals surface area contributed by atoms with Gasteiger partial charge in [-0.05, 0) is 30.4 Å². The highest BCUT2D eigenvalue weighted by molar-refractivity contribution is 5.55. The monoisotopic (exact) mass is 322 g/mol. The number of ether oxygens (including phenoxy) is 2. The summed E-state index contributed by atoms with van der Waals surface area (Å²) in [7, 11) is 1.57. The SMILES string of the molecule is COc1ccc2c(c1OC(N)C(O)CC(C)C)CCN(C=O)C2. The number of hydrogen-bond acceptors (Lipinski definition) is 5. The number of nitrogens with zero attached hydrogens (tertiary/aromatic N) is 1. The molecule has 0 spiro atoms. The van der Waals surface area contributed by atoms with Crippen molar-refractivity contribution in [1.82, 2.24) is 4.90 Å². The Labute approximate surface area is 137 Å². The van der Waals surface area contributed by atoms with Gasteiger partial charge in [0.1, 0.15) is 6.10 Å². The molecule has 3 N–H and O–H groups in total. The molecule has 2 unspecified atom stereocenters. The molecule has 1 aliphatic rings. The van der Waals surface area contributed by atoms with E-state index in [2.05, 4.69) is 0 Å². The number of amides is 1. The Hall–Kier alpha value is -1.79. The molecule has 0 saturated heterocycles. The van der Waals surface area contributed by atoms with Crippen molar-refractivity contribution in [3.8, 4) is 11.5 Å². The van der Waals surface area contributed by atoms with Gasteiger partial charge in [0.15, 0.2) is 17.7 Å². The fourth-order valence-electron chi connectivity index (χ4n) is 2.83. The maximum Gasteiger partial charge on any atom is 0.210 e.